The number of fused-ring (bicyclic) bond motifs is 1. The molecule has 212 valence electrons. The van der Waals surface area contributed by atoms with Gasteiger partial charge in [0.05, 0.1) is 31.1 Å². The minimum Gasteiger partial charge on any atom is -0.453 e. The predicted octanol–water partition coefficient (Wildman–Crippen LogP) is 2.96. The Balaban J connectivity index is 1.75. The zero-order chi connectivity index (χ0) is 29.4. The number of rotatable bonds is 11. The van der Waals surface area contributed by atoms with Crippen molar-refractivity contribution in [3.63, 3.8) is 0 Å². The number of alkyl carbamates (subject to hydrolysis) is 1. The van der Waals surface area contributed by atoms with E-state index in [1.807, 2.05) is 26.8 Å². The lowest BCUT2D eigenvalue weighted by Crippen LogP contribution is -2.42. The van der Waals surface area contributed by atoms with Crippen molar-refractivity contribution in [3.05, 3.63) is 69.2 Å². The van der Waals surface area contributed by atoms with Crippen LogP contribution in [0.3, 0.4) is 0 Å². The molecule has 1 aliphatic rings. The zero-order valence-electron chi connectivity index (χ0n) is 23.9. The Morgan fingerprint density at radius 3 is 2.65 bits per heavy atom. The SMILES string of the molecule is COC(=O)N[C@@H](CC/C=C/C(=O)N(C)C)C(=O)Cc1cccn(CC2=Nc3c(C=C(C)C)nc(C)nc3C2)c1=O. The van der Waals surface area contributed by atoms with E-state index in [-0.39, 0.29) is 36.6 Å². The number of carbonyl (C=O) groups is 3. The third-order valence-corrected chi connectivity index (χ3v) is 6.17. The Bertz CT molecular complexity index is 1430. The molecule has 0 saturated carbocycles. The van der Waals surface area contributed by atoms with E-state index in [0.717, 1.165) is 28.4 Å². The number of nitrogens with one attached hydrogen (secondary N) is 1. The molecule has 11 heteroatoms. The van der Waals surface area contributed by atoms with E-state index in [9.17, 15) is 19.2 Å². The van der Waals surface area contributed by atoms with Gasteiger partial charge in [0.25, 0.3) is 5.56 Å². The molecule has 11 nitrogen and oxygen atoms in total. The normalized spacial score (nSPS) is 12.9. The highest BCUT2D eigenvalue weighted by atomic mass is 16.5. The molecule has 1 atom stereocenters. The van der Waals surface area contributed by atoms with Crippen LogP contribution in [0.25, 0.3) is 6.08 Å². The second kappa shape index (κ2) is 13.6. The number of methoxy groups -OCH3 is 1. The molecule has 0 bridgehead atoms. The molecule has 0 aliphatic carbocycles. The molecule has 2 amide bonds. The Morgan fingerprint density at radius 1 is 1.23 bits per heavy atom. The predicted molar refractivity (Wildman–Crippen MR) is 153 cm³/mol. The number of hydrogen-bond donors (Lipinski definition) is 1. The average molecular weight is 549 g/mol. The summed E-state index contributed by atoms with van der Waals surface area (Å²) < 4.78 is 6.18. The molecular weight excluding hydrogens is 512 g/mol. The lowest BCUT2D eigenvalue weighted by molar-refractivity contribution is -0.123. The minimum atomic E-state index is -0.886. The fourth-order valence-corrected chi connectivity index (χ4v) is 4.21. The highest BCUT2D eigenvalue weighted by Crippen LogP contribution is 2.30. The lowest BCUT2D eigenvalue weighted by Gasteiger charge is -2.16. The first-order valence-corrected chi connectivity index (χ1v) is 13.0. The number of aromatic nitrogens is 3. The van der Waals surface area contributed by atoms with Crippen LogP contribution in [-0.4, -0.2) is 70.2 Å². The molecule has 2 aromatic rings. The fraction of sp³-hybridized carbons (Fsp3) is 0.414. The summed E-state index contributed by atoms with van der Waals surface area (Å²) in [6, 6.07) is 2.43. The number of likely N-dealkylation sites (N-methyl/N-ethyl adjacent to an activating group) is 1. The molecule has 0 spiro atoms. The molecule has 3 heterocycles. The number of carbonyl (C=O) groups excluding carboxylic acids is 3. The number of nitrogens with zero attached hydrogens (tertiary/aromatic N) is 5. The van der Waals surface area contributed by atoms with Crippen molar-refractivity contribution in [1.29, 1.82) is 0 Å². The van der Waals surface area contributed by atoms with Gasteiger partial charge in [-0.05, 0) is 51.8 Å². The Kier molecular flexibility index (Phi) is 10.2. The number of amides is 2. The van der Waals surface area contributed by atoms with Crippen molar-refractivity contribution in [3.8, 4) is 0 Å². The maximum absolute atomic E-state index is 13.3. The van der Waals surface area contributed by atoms with E-state index in [0.29, 0.717) is 24.2 Å². The monoisotopic (exact) mass is 548 g/mol. The van der Waals surface area contributed by atoms with Gasteiger partial charge in [0.2, 0.25) is 5.91 Å². The summed E-state index contributed by atoms with van der Waals surface area (Å²) in [5, 5.41) is 2.54. The average Bonchev–Trinajstić information content (AvgIpc) is 3.29. The molecule has 2 aromatic heterocycles. The smallest absolute Gasteiger partial charge is 0.407 e. The summed E-state index contributed by atoms with van der Waals surface area (Å²) in [4.78, 5) is 65.3. The van der Waals surface area contributed by atoms with Crippen molar-refractivity contribution >= 4 is 35.3 Å². The van der Waals surface area contributed by atoms with E-state index in [1.54, 1.807) is 38.5 Å². The van der Waals surface area contributed by atoms with Crippen LogP contribution >= 0.6 is 0 Å². The molecule has 1 N–H and O–H groups in total. The first kappa shape index (κ1) is 30.1. The fourth-order valence-electron chi connectivity index (χ4n) is 4.21. The van der Waals surface area contributed by atoms with Crippen LogP contribution in [-0.2, 0) is 33.7 Å². The van der Waals surface area contributed by atoms with Crippen LogP contribution in [0, 0.1) is 6.92 Å². The van der Waals surface area contributed by atoms with Gasteiger partial charge in [-0.2, -0.15) is 0 Å². The number of aliphatic imine (C=N–C) groups is 1. The summed E-state index contributed by atoms with van der Waals surface area (Å²) in [5.74, 6) is 0.143. The quantitative estimate of drug-likeness (QED) is 0.427. The van der Waals surface area contributed by atoms with Gasteiger partial charge in [-0.1, -0.05) is 17.7 Å². The Morgan fingerprint density at radius 2 is 1.98 bits per heavy atom. The summed E-state index contributed by atoms with van der Waals surface area (Å²) in [6.45, 7) is 6.07. The van der Waals surface area contributed by atoms with Crippen molar-refractivity contribution in [2.45, 2.75) is 59.0 Å². The number of hydrogen-bond acceptors (Lipinski definition) is 8. The van der Waals surface area contributed by atoms with Crippen molar-refractivity contribution < 1.29 is 19.1 Å². The Labute approximate surface area is 233 Å². The van der Waals surface area contributed by atoms with Crippen LogP contribution in [0.2, 0.25) is 0 Å². The maximum atomic E-state index is 13.3. The van der Waals surface area contributed by atoms with E-state index in [1.165, 1.54) is 22.7 Å². The number of aryl methyl sites for hydroxylation is 1. The van der Waals surface area contributed by atoms with Gasteiger partial charge in [-0.25, -0.2) is 14.8 Å². The number of Topliss-reactive ketones (excluding diaryl/α,β-unsaturated/α-hetero) is 1. The molecular formula is C29H36N6O5. The van der Waals surface area contributed by atoms with Crippen LogP contribution < -0.4 is 10.9 Å². The number of ketones is 1. The number of ether oxygens (including phenoxy) is 1. The molecule has 0 saturated heterocycles. The molecule has 1 aliphatic heterocycles. The number of allylic oxidation sites excluding steroid dienone is 2. The first-order chi connectivity index (χ1) is 19.0. The maximum Gasteiger partial charge on any atom is 0.407 e. The van der Waals surface area contributed by atoms with Crippen molar-refractivity contribution in [2.75, 3.05) is 21.2 Å². The summed E-state index contributed by atoms with van der Waals surface area (Å²) in [6.07, 6.45) is 6.89. The second-order valence-electron chi connectivity index (χ2n) is 10.0. The van der Waals surface area contributed by atoms with Crippen LogP contribution in [0.5, 0.6) is 0 Å². The van der Waals surface area contributed by atoms with Crippen molar-refractivity contribution in [1.82, 2.24) is 24.8 Å². The van der Waals surface area contributed by atoms with Gasteiger partial charge in [-0.3, -0.25) is 19.4 Å². The topological polar surface area (TPSA) is 136 Å². The number of pyridine rings is 1. The van der Waals surface area contributed by atoms with E-state index >= 15 is 0 Å². The highest BCUT2D eigenvalue weighted by molar-refractivity contribution is 5.94. The summed E-state index contributed by atoms with van der Waals surface area (Å²) in [5.41, 5.74) is 4.17. The van der Waals surface area contributed by atoms with Crippen molar-refractivity contribution in [2.24, 2.45) is 4.99 Å². The van der Waals surface area contributed by atoms with E-state index < -0.39 is 12.1 Å². The van der Waals surface area contributed by atoms with Gasteiger partial charge in [-0.15, -0.1) is 0 Å². The zero-order valence-corrected chi connectivity index (χ0v) is 23.9. The molecule has 40 heavy (non-hydrogen) atoms. The van der Waals surface area contributed by atoms with Crippen LogP contribution in [0.15, 0.2) is 45.8 Å². The van der Waals surface area contributed by atoms with E-state index in [4.69, 9.17) is 4.99 Å². The first-order valence-electron chi connectivity index (χ1n) is 13.0. The summed E-state index contributed by atoms with van der Waals surface area (Å²) >= 11 is 0. The van der Waals surface area contributed by atoms with Gasteiger partial charge in [0, 0.05) is 44.4 Å². The lowest BCUT2D eigenvalue weighted by atomic mass is 10.0. The van der Waals surface area contributed by atoms with Gasteiger partial charge in [0.15, 0.2) is 5.78 Å². The van der Waals surface area contributed by atoms with Gasteiger partial charge in [0.1, 0.15) is 11.5 Å². The second-order valence-corrected chi connectivity index (χ2v) is 10.0. The minimum absolute atomic E-state index is 0.170. The van der Waals surface area contributed by atoms with Crippen LogP contribution in [0.1, 0.15) is 49.5 Å². The van der Waals surface area contributed by atoms with Crippen LogP contribution in [0.4, 0.5) is 10.5 Å². The third-order valence-electron chi connectivity index (χ3n) is 6.17. The third kappa shape index (κ3) is 8.05. The Hall–Kier alpha value is -4.41. The molecule has 0 fully saturated rings. The van der Waals surface area contributed by atoms with E-state index in [2.05, 4.69) is 20.0 Å². The van der Waals surface area contributed by atoms with Gasteiger partial charge < -0.3 is 19.5 Å². The molecule has 0 radical (unpaired) electrons. The molecule has 0 aromatic carbocycles. The largest absolute Gasteiger partial charge is 0.453 e. The highest BCUT2D eigenvalue weighted by Gasteiger charge is 2.24. The standard InChI is InChI=1S/C29H36N6O5/c1-18(2)14-23-27-24(31-19(3)30-23)16-21(32-27)17-35-13-9-10-20(28(35)38)15-25(36)22(33-29(39)40-6)11-7-8-12-26(37)34(4)5/h8-10,12-14,22H,7,11,15-17H2,1-6H3,(H,33,39)/b12-8+/t22-/m0/s1. The summed E-state index contributed by atoms with van der Waals surface area (Å²) in [7, 11) is 4.49. The molecule has 3 rings (SSSR count). The molecule has 0 unspecified atom stereocenters. The van der Waals surface area contributed by atoms with Gasteiger partial charge >= 0.3 is 6.09 Å².